The van der Waals surface area contributed by atoms with Crippen LogP contribution in [0.25, 0.3) is 0 Å². The van der Waals surface area contributed by atoms with Crippen LogP contribution in [0.5, 0.6) is 0 Å². The summed E-state index contributed by atoms with van der Waals surface area (Å²) in [5.41, 5.74) is 19.3. The molecule has 0 aliphatic carbocycles. The van der Waals surface area contributed by atoms with Gasteiger partial charge in [-0.25, -0.2) is 28.8 Å². The first kappa shape index (κ1) is 33.4. The Morgan fingerprint density at radius 3 is 2.61 bits per heavy atom. The fourth-order valence-electron chi connectivity index (χ4n) is 5.15. The van der Waals surface area contributed by atoms with Gasteiger partial charge in [0.25, 0.3) is 5.56 Å². The second-order valence-electron chi connectivity index (χ2n) is 10.2. The molecule has 4 aliphatic heterocycles. The van der Waals surface area contributed by atoms with Crippen LogP contribution in [0.1, 0.15) is 6.42 Å². The van der Waals surface area contributed by atoms with E-state index < -0.39 is 75.3 Å². The van der Waals surface area contributed by atoms with E-state index in [1.54, 1.807) is 0 Å². The third kappa shape index (κ3) is 6.61. The number of anilines is 6. The number of fused-ring (bicyclic) bond motifs is 2. The summed E-state index contributed by atoms with van der Waals surface area (Å²) in [7, 11) is 1.44. The van der Waals surface area contributed by atoms with Crippen molar-refractivity contribution >= 4 is 71.8 Å². The first-order valence-electron chi connectivity index (χ1n) is 13.2. The van der Waals surface area contributed by atoms with Crippen LogP contribution in [-0.4, -0.2) is 103 Å². The SMILES string of the molecule is CN1Nc2c(nc(N)[nH]c2=O)N1[C@@H]1O[C@H](COP(O)(O)=S)[C@H](F)[C@H]1OP(O)(=S)OC[C@@H]1C[C@H](F)[C@H](N2NNc3c(N)ncnc32)O1. The average molecular weight is 733 g/mol. The first-order valence-corrected chi connectivity index (χ1v) is 18.4. The molecule has 0 bridgehead atoms. The van der Waals surface area contributed by atoms with Gasteiger partial charge in [0.2, 0.25) is 5.95 Å². The number of ether oxygens (including phenoxy) is 2. The van der Waals surface area contributed by atoms with E-state index in [2.05, 4.69) is 48.1 Å². The van der Waals surface area contributed by atoms with Crippen LogP contribution in [-0.2, 0) is 46.7 Å². The molecule has 0 spiro atoms. The third-order valence-electron chi connectivity index (χ3n) is 7.09. The zero-order valence-corrected chi connectivity index (χ0v) is 26.8. The van der Waals surface area contributed by atoms with E-state index in [1.165, 1.54) is 28.5 Å². The lowest BCUT2D eigenvalue weighted by Crippen LogP contribution is -2.51. The molecule has 4 aliphatic rings. The maximum atomic E-state index is 15.9. The molecule has 1 unspecified atom stereocenters. The fourth-order valence-corrected chi connectivity index (χ4v) is 7.09. The normalized spacial score (nSPS) is 30.6. The number of nitrogen functional groups attached to an aromatic ring is 2. The molecule has 2 fully saturated rings. The molecule has 6 heterocycles. The quantitative estimate of drug-likeness (QED) is 0.125. The molecule has 21 nitrogen and oxygen atoms in total. The van der Waals surface area contributed by atoms with Gasteiger partial charge in [0.1, 0.15) is 30.4 Å². The van der Waals surface area contributed by atoms with Gasteiger partial charge in [-0.1, -0.05) is 0 Å². The van der Waals surface area contributed by atoms with Crippen LogP contribution in [0, 0.1) is 0 Å². The summed E-state index contributed by atoms with van der Waals surface area (Å²) in [4.78, 5) is 56.8. The van der Waals surface area contributed by atoms with Crippen molar-refractivity contribution < 1.29 is 46.5 Å². The van der Waals surface area contributed by atoms with Crippen LogP contribution >= 0.6 is 13.4 Å². The maximum Gasteiger partial charge on any atom is 0.325 e. The van der Waals surface area contributed by atoms with E-state index in [0.29, 0.717) is 5.69 Å². The number of nitrogens with two attached hydrogens (primary N) is 2. The van der Waals surface area contributed by atoms with Crippen molar-refractivity contribution in [1.82, 2.24) is 30.6 Å². The molecule has 2 aromatic heterocycles. The molecular weight excluding hydrogens is 704 g/mol. The van der Waals surface area contributed by atoms with Crippen LogP contribution < -0.4 is 43.4 Å². The summed E-state index contributed by atoms with van der Waals surface area (Å²) in [6.45, 7) is -9.73. The molecule has 0 radical (unpaired) electrons. The Hall–Kier alpha value is -2.48. The van der Waals surface area contributed by atoms with E-state index in [4.69, 9.17) is 46.3 Å². The Bertz CT molecular complexity index is 1650. The lowest BCUT2D eigenvalue weighted by molar-refractivity contribution is -0.0292. The van der Waals surface area contributed by atoms with Crippen LogP contribution in [0.3, 0.4) is 0 Å². The number of hydrogen-bond donors (Lipinski definition) is 9. The zero-order chi connectivity index (χ0) is 33.1. The Kier molecular flexibility index (Phi) is 9.10. The number of hydrogen-bond acceptors (Lipinski definition) is 19. The van der Waals surface area contributed by atoms with Crippen molar-refractivity contribution in [2.45, 2.75) is 49.5 Å². The Morgan fingerprint density at radius 1 is 1.11 bits per heavy atom. The number of rotatable bonds is 10. The zero-order valence-electron chi connectivity index (χ0n) is 23.3. The number of H-pyrrole nitrogens is 1. The van der Waals surface area contributed by atoms with Gasteiger partial charge in [-0.05, 0) is 23.6 Å². The maximum absolute atomic E-state index is 15.9. The Labute approximate surface area is 267 Å². The van der Waals surface area contributed by atoms with Gasteiger partial charge >= 0.3 is 13.4 Å². The molecule has 254 valence electrons. The minimum atomic E-state index is -4.33. The minimum absolute atomic E-state index is 0.0664. The number of alkyl halides is 2. The average Bonchev–Trinajstić information content (AvgIpc) is 3.71. The fraction of sp³-hybridized carbons (Fsp3) is 0.579. The van der Waals surface area contributed by atoms with Crippen LogP contribution in [0.4, 0.5) is 43.6 Å². The summed E-state index contributed by atoms with van der Waals surface area (Å²) in [5, 5.41) is 3.67. The molecule has 0 aromatic carbocycles. The minimum Gasteiger partial charge on any atom is -0.382 e. The number of hydrazine groups is 4. The third-order valence-corrected chi connectivity index (χ3v) is 9.45. The second-order valence-corrected chi connectivity index (χ2v) is 15.7. The van der Waals surface area contributed by atoms with Crippen molar-refractivity contribution in [2.24, 2.45) is 0 Å². The highest BCUT2D eigenvalue weighted by Crippen LogP contribution is 2.51. The van der Waals surface area contributed by atoms with E-state index >= 15 is 8.78 Å². The van der Waals surface area contributed by atoms with Gasteiger partial charge in [0, 0.05) is 13.5 Å². The molecule has 46 heavy (non-hydrogen) atoms. The summed E-state index contributed by atoms with van der Waals surface area (Å²) >= 11 is 9.61. The smallest absolute Gasteiger partial charge is 0.325 e. The standard InChI is InChI=1S/C19H28F2N12O9P2S2/c1-31-29-11-15(26-19(23)27-16(11)34)33(31)18-12(9(21)8(41-18)4-38-43(35,36)45)42-44(37,46)39-3-6-2-7(20)17(40-6)32-14-10(28-30-32)13(22)24-5-25-14/h5-9,12,17-18,28-30H,2-4H2,1H3,(H,37,46)(H2,22,24,25)(H2,35,36,45)(H3,23,26,27,34)/t6-,7-,8+,9-,12+,17+,18+,44?/m0/s1. The van der Waals surface area contributed by atoms with E-state index in [0.717, 1.165) is 0 Å². The topological polar surface area (TPSA) is 276 Å². The van der Waals surface area contributed by atoms with E-state index in [9.17, 15) is 19.5 Å². The molecule has 27 heteroatoms. The first-order chi connectivity index (χ1) is 21.6. The summed E-state index contributed by atoms with van der Waals surface area (Å²) < 4.78 is 58.4. The van der Waals surface area contributed by atoms with Crippen LogP contribution in [0.15, 0.2) is 11.1 Å². The molecule has 6 rings (SSSR count). The highest BCUT2D eigenvalue weighted by molar-refractivity contribution is 8.07. The summed E-state index contributed by atoms with van der Waals surface area (Å²) in [6, 6.07) is 0. The van der Waals surface area contributed by atoms with Crippen molar-refractivity contribution in [3.63, 3.8) is 0 Å². The van der Waals surface area contributed by atoms with Gasteiger partial charge in [0.05, 0.1) is 19.3 Å². The highest BCUT2D eigenvalue weighted by Gasteiger charge is 2.54. The molecular formula is C19H28F2N12O9P2S2. The van der Waals surface area contributed by atoms with Crippen molar-refractivity contribution in [1.29, 1.82) is 0 Å². The lowest BCUT2D eigenvalue weighted by Gasteiger charge is -2.34. The van der Waals surface area contributed by atoms with Gasteiger partial charge < -0.3 is 44.7 Å². The monoisotopic (exact) mass is 732 g/mol. The molecule has 8 atom stereocenters. The molecule has 2 aromatic rings. The van der Waals surface area contributed by atoms with Gasteiger partial charge in [-0.15, -0.1) is 10.7 Å². The second kappa shape index (κ2) is 12.5. The lowest BCUT2D eigenvalue weighted by atomic mass is 10.1. The molecule has 11 N–H and O–H groups in total. The number of nitrogens with one attached hydrogen (secondary N) is 4. The number of aromatic nitrogens is 4. The number of halogens is 2. The summed E-state index contributed by atoms with van der Waals surface area (Å²) in [5.74, 6) is 0.0193. The van der Waals surface area contributed by atoms with Crippen molar-refractivity contribution in [2.75, 3.05) is 52.6 Å². The van der Waals surface area contributed by atoms with Gasteiger partial charge in [0.15, 0.2) is 41.8 Å². The Morgan fingerprint density at radius 2 is 1.87 bits per heavy atom. The summed E-state index contributed by atoms with van der Waals surface area (Å²) in [6.07, 6.45) is -9.55. The molecule has 0 saturated carbocycles. The van der Waals surface area contributed by atoms with Crippen LogP contribution in [0.2, 0.25) is 0 Å². The van der Waals surface area contributed by atoms with E-state index in [1.807, 2.05) is 0 Å². The van der Waals surface area contributed by atoms with Gasteiger partial charge in [-0.3, -0.25) is 25.2 Å². The highest BCUT2D eigenvalue weighted by atomic mass is 32.5. The van der Waals surface area contributed by atoms with Gasteiger partial charge in [-0.2, -0.15) is 4.98 Å². The predicted octanol–water partition coefficient (Wildman–Crippen LogP) is -1.57. The number of nitrogens with zero attached hydrogens (tertiary/aromatic N) is 6. The molecule has 2 saturated heterocycles. The van der Waals surface area contributed by atoms with Crippen molar-refractivity contribution in [3.8, 4) is 0 Å². The largest absolute Gasteiger partial charge is 0.382 e. The number of aromatic amines is 1. The molecule has 0 amide bonds. The predicted molar refractivity (Wildman–Crippen MR) is 163 cm³/mol. The van der Waals surface area contributed by atoms with Crippen molar-refractivity contribution in [3.05, 3.63) is 16.7 Å². The Balaban J connectivity index is 1.16. The van der Waals surface area contributed by atoms with E-state index in [-0.39, 0.29) is 35.5 Å².